The Hall–Kier alpha value is -2.41. The van der Waals surface area contributed by atoms with Gasteiger partial charge in [-0.2, -0.15) is 0 Å². The van der Waals surface area contributed by atoms with E-state index in [4.69, 9.17) is 9.84 Å². The number of ketones is 1. The van der Waals surface area contributed by atoms with Crippen molar-refractivity contribution in [3.05, 3.63) is 29.8 Å². The Morgan fingerprint density at radius 3 is 2.27 bits per heavy atom. The number of Topliss-reactive ketones (excluding diaryl/α,β-unsaturated/α-hetero) is 1. The van der Waals surface area contributed by atoms with Crippen molar-refractivity contribution < 1.29 is 29.0 Å². The van der Waals surface area contributed by atoms with E-state index in [0.717, 1.165) is 0 Å². The van der Waals surface area contributed by atoms with E-state index in [1.165, 1.54) is 14.2 Å². The molecule has 0 saturated heterocycles. The Morgan fingerprint density at radius 2 is 1.77 bits per heavy atom. The quantitative estimate of drug-likeness (QED) is 0.656. The van der Waals surface area contributed by atoms with E-state index in [1.54, 1.807) is 24.3 Å². The summed E-state index contributed by atoms with van der Waals surface area (Å²) in [6, 6.07) is 6.60. The van der Waals surface area contributed by atoms with Crippen LogP contribution in [0.4, 0.5) is 0 Å². The molecular formula is C15H19NO6. The van der Waals surface area contributed by atoms with Gasteiger partial charge in [-0.05, 0) is 24.3 Å². The van der Waals surface area contributed by atoms with Crippen LogP contribution in [-0.2, 0) is 14.3 Å². The van der Waals surface area contributed by atoms with Crippen LogP contribution in [0.15, 0.2) is 24.3 Å². The van der Waals surface area contributed by atoms with Gasteiger partial charge in [0.2, 0.25) is 5.91 Å². The van der Waals surface area contributed by atoms with Gasteiger partial charge in [0.25, 0.3) is 0 Å². The van der Waals surface area contributed by atoms with Gasteiger partial charge < -0.3 is 19.9 Å². The first-order chi connectivity index (χ1) is 10.5. The van der Waals surface area contributed by atoms with Gasteiger partial charge in [-0.15, -0.1) is 0 Å². The summed E-state index contributed by atoms with van der Waals surface area (Å²) in [6.07, 6.45) is -1.06. The predicted molar refractivity (Wildman–Crippen MR) is 78.0 cm³/mol. The number of carboxylic acids is 1. The average Bonchev–Trinajstić information content (AvgIpc) is 2.52. The van der Waals surface area contributed by atoms with E-state index >= 15 is 0 Å². The molecule has 1 amide bonds. The predicted octanol–water partition coefficient (Wildman–Crippen LogP) is 0.874. The third-order valence-corrected chi connectivity index (χ3v) is 3.04. The molecule has 7 nitrogen and oxygen atoms in total. The molecule has 7 heteroatoms. The van der Waals surface area contributed by atoms with Crippen LogP contribution in [0.3, 0.4) is 0 Å². The highest BCUT2D eigenvalue weighted by Gasteiger charge is 2.17. The monoisotopic (exact) mass is 309 g/mol. The van der Waals surface area contributed by atoms with Crippen molar-refractivity contribution in [2.24, 2.45) is 0 Å². The van der Waals surface area contributed by atoms with Crippen LogP contribution in [0, 0.1) is 0 Å². The number of carbonyl (C=O) groups is 3. The lowest BCUT2D eigenvalue weighted by atomic mass is 10.1. The largest absolute Gasteiger partial charge is 0.497 e. The summed E-state index contributed by atoms with van der Waals surface area (Å²) in [5.74, 6) is -1.07. The highest BCUT2D eigenvalue weighted by atomic mass is 16.5. The van der Waals surface area contributed by atoms with Crippen molar-refractivity contribution in [2.45, 2.75) is 18.9 Å². The number of hydrogen-bond acceptors (Lipinski definition) is 5. The summed E-state index contributed by atoms with van der Waals surface area (Å²) in [4.78, 5) is 34.2. The zero-order valence-electron chi connectivity index (χ0n) is 12.5. The maximum absolute atomic E-state index is 11.9. The van der Waals surface area contributed by atoms with E-state index in [2.05, 4.69) is 10.1 Å². The van der Waals surface area contributed by atoms with Crippen molar-refractivity contribution in [1.82, 2.24) is 5.32 Å². The number of methoxy groups -OCH3 is 2. The fraction of sp³-hybridized carbons (Fsp3) is 0.400. The first-order valence-corrected chi connectivity index (χ1v) is 6.67. The van der Waals surface area contributed by atoms with E-state index in [0.29, 0.717) is 11.3 Å². The number of benzene rings is 1. The molecule has 0 saturated carbocycles. The maximum atomic E-state index is 11.9. The van der Waals surface area contributed by atoms with Gasteiger partial charge in [0, 0.05) is 25.5 Å². The molecule has 0 spiro atoms. The summed E-state index contributed by atoms with van der Waals surface area (Å²) in [6.45, 7) is -0.138. The minimum Gasteiger partial charge on any atom is -0.497 e. The summed E-state index contributed by atoms with van der Waals surface area (Å²) >= 11 is 0. The summed E-state index contributed by atoms with van der Waals surface area (Å²) in [5, 5.41) is 11.2. The molecule has 0 aliphatic rings. The summed E-state index contributed by atoms with van der Waals surface area (Å²) in [5.41, 5.74) is 0.494. The van der Waals surface area contributed by atoms with Crippen LogP contribution in [-0.4, -0.2) is 49.6 Å². The standard InChI is InChI=1S/C15H19NO6/c1-21-11-5-3-10(4-6-11)12(17)7-8-14(18)16-9-13(22-2)15(19)20/h3-6,13H,7-9H2,1-2H3,(H,16,18)(H,19,20). The van der Waals surface area contributed by atoms with E-state index in [1.807, 2.05) is 0 Å². The van der Waals surface area contributed by atoms with Crippen LogP contribution in [0.2, 0.25) is 0 Å². The van der Waals surface area contributed by atoms with Crippen LogP contribution >= 0.6 is 0 Å². The molecular weight excluding hydrogens is 290 g/mol. The topological polar surface area (TPSA) is 102 Å². The Bertz CT molecular complexity index is 525. The number of amides is 1. The maximum Gasteiger partial charge on any atom is 0.334 e. The Morgan fingerprint density at radius 1 is 1.14 bits per heavy atom. The lowest BCUT2D eigenvalue weighted by molar-refractivity contribution is -0.148. The highest BCUT2D eigenvalue weighted by Crippen LogP contribution is 2.13. The number of nitrogens with one attached hydrogen (secondary N) is 1. The summed E-state index contributed by atoms with van der Waals surface area (Å²) < 4.78 is 9.68. The molecule has 1 rings (SSSR count). The van der Waals surface area contributed by atoms with Gasteiger partial charge in [-0.1, -0.05) is 0 Å². The van der Waals surface area contributed by atoms with Gasteiger partial charge in [0.05, 0.1) is 13.7 Å². The van der Waals surface area contributed by atoms with Crippen molar-refractivity contribution in [3.63, 3.8) is 0 Å². The Kier molecular flexibility index (Phi) is 7.04. The third kappa shape index (κ3) is 5.53. The van der Waals surface area contributed by atoms with Crippen LogP contribution in [0.5, 0.6) is 5.75 Å². The van der Waals surface area contributed by atoms with E-state index in [9.17, 15) is 14.4 Å². The Labute approximate surface area is 128 Å². The van der Waals surface area contributed by atoms with Crippen molar-refractivity contribution in [2.75, 3.05) is 20.8 Å². The molecule has 0 heterocycles. The molecule has 0 aromatic heterocycles. The normalized spacial score (nSPS) is 11.5. The molecule has 1 aromatic carbocycles. The molecule has 0 aliphatic carbocycles. The SMILES string of the molecule is COc1ccc(C(=O)CCC(=O)NCC(OC)C(=O)O)cc1. The van der Waals surface area contributed by atoms with E-state index < -0.39 is 18.0 Å². The fourth-order valence-corrected chi connectivity index (χ4v) is 1.71. The zero-order valence-corrected chi connectivity index (χ0v) is 12.5. The molecule has 1 atom stereocenters. The molecule has 0 aliphatic heterocycles. The molecule has 120 valence electrons. The molecule has 0 bridgehead atoms. The van der Waals surface area contributed by atoms with Gasteiger partial charge >= 0.3 is 5.97 Å². The second-order valence-electron chi connectivity index (χ2n) is 4.52. The van der Waals surface area contributed by atoms with Crippen molar-refractivity contribution in [1.29, 1.82) is 0 Å². The molecule has 1 aromatic rings. The highest BCUT2D eigenvalue weighted by molar-refractivity contribution is 5.98. The second-order valence-corrected chi connectivity index (χ2v) is 4.52. The van der Waals surface area contributed by atoms with Crippen molar-refractivity contribution in [3.8, 4) is 5.75 Å². The van der Waals surface area contributed by atoms with Gasteiger partial charge in [0.1, 0.15) is 5.75 Å². The number of carbonyl (C=O) groups excluding carboxylic acids is 2. The van der Waals surface area contributed by atoms with Gasteiger partial charge in [-0.25, -0.2) is 4.79 Å². The van der Waals surface area contributed by atoms with Crippen LogP contribution < -0.4 is 10.1 Å². The first kappa shape index (κ1) is 17.6. The minimum atomic E-state index is -1.16. The third-order valence-electron chi connectivity index (χ3n) is 3.04. The minimum absolute atomic E-state index is 0.0130. The van der Waals surface area contributed by atoms with Crippen LogP contribution in [0.25, 0.3) is 0 Å². The van der Waals surface area contributed by atoms with Gasteiger partial charge in [0.15, 0.2) is 11.9 Å². The van der Waals surface area contributed by atoms with Crippen molar-refractivity contribution >= 4 is 17.7 Å². The number of carboxylic acid groups (broad SMARTS) is 1. The average molecular weight is 309 g/mol. The zero-order chi connectivity index (χ0) is 16.5. The van der Waals surface area contributed by atoms with E-state index in [-0.39, 0.29) is 25.2 Å². The molecule has 2 N–H and O–H groups in total. The summed E-state index contributed by atoms with van der Waals surface area (Å²) in [7, 11) is 2.78. The molecule has 0 radical (unpaired) electrons. The Balaban J connectivity index is 2.39. The fourth-order valence-electron chi connectivity index (χ4n) is 1.71. The number of aliphatic carboxylic acids is 1. The molecule has 0 fully saturated rings. The molecule has 22 heavy (non-hydrogen) atoms. The lowest BCUT2D eigenvalue weighted by Crippen LogP contribution is -2.37. The van der Waals surface area contributed by atoms with Gasteiger partial charge in [-0.3, -0.25) is 9.59 Å². The van der Waals surface area contributed by atoms with Crippen LogP contribution in [0.1, 0.15) is 23.2 Å². The number of rotatable bonds is 9. The second kappa shape index (κ2) is 8.78. The number of hydrogen-bond donors (Lipinski definition) is 2. The smallest absolute Gasteiger partial charge is 0.334 e. The first-order valence-electron chi connectivity index (χ1n) is 6.67. The lowest BCUT2D eigenvalue weighted by Gasteiger charge is -2.11. The molecule has 1 unspecified atom stereocenters. The number of ether oxygens (including phenoxy) is 2.